The molecule has 1 nitrogen and oxygen atoms in total. The van der Waals surface area contributed by atoms with Gasteiger partial charge in [0.1, 0.15) is 0 Å². The fourth-order valence-corrected chi connectivity index (χ4v) is 1.81. The molecule has 0 saturated carbocycles. The van der Waals surface area contributed by atoms with Gasteiger partial charge in [0, 0.05) is 11.9 Å². The van der Waals surface area contributed by atoms with E-state index in [9.17, 15) is 0 Å². The van der Waals surface area contributed by atoms with Crippen LogP contribution in [0.2, 0.25) is 0 Å². The summed E-state index contributed by atoms with van der Waals surface area (Å²) in [5.41, 5.74) is 1.09. The molecule has 14 heavy (non-hydrogen) atoms. The van der Waals surface area contributed by atoms with E-state index in [0.717, 1.165) is 15.5 Å². The number of thiocarbonyl (C=S) groups is 1. The van der Waals surface area contributed by atoms with E-state index in [4.69, 9.17) is 12.2 Å². The Morgan fingerprint density at radius 2 is 2.00 bits per heavy atom. The molecule has 3 heteroatoms. The lowest BCUT2D eigenvalue weighted by Crippen LogP contribution is -2.04. The Kier molecular flexibility index (Phi) is 4.70. The number of nitrogens with one attached hydrogen (secondary N) is 1. The predicted octanol–water partition coefficient (Wildman–Crippen LogP) is 2.83. The summed E-state index contributed by atoms with van der Waals surface area (Å²) < 4.78 is 0. The molecular formula is C11H13NS2. The minimum absolute atomic E-state index is 0.865. The van der Waals surface area contributed by atoms with Gasteiger partial charge in [-0.15, -0.1) is 11.8 Å². The highest BCUT2D eigenvalue weighted by molar-refractivity contribution is 8.02. The highest BCUT2D eigenvalue weighted by Gasteiger charge is 1.98. The fraction of sp³-hybridized carbons (Fsp3) is 0.182. The molecule has 0 aliphatic carbocycles. The van der Waals surface area contributed by atoms with Crippen LogP contribution in [0.25, 0.3) is 0 Å². The highest BCUT2D eigenvalue weighted by Crippen LogP contribution is 2.10. The van der Waals surface area contributed by atoms with E-state index in [0.29, 0.717) is 0 Å². The van der Waals surface area contributed by atoms with Crippen molar-refractivity contribution < 1.29 is 0 Å². The van der Waals surface area contributed by atoms with E-state index in [-0.39, 0.29) is 0 Å². The van der Waals surface area contributed by atoms with Crippen LogP contribution in [0.5, 0.6) is 0 Å². The van der Waals surface area contributed by atoms with Crippen LogP contribution in [0, 0.1) is 0 Å². The Hall–Kier alpha value is -0.800. The second-order valence-corrected chi connectivity index (χ2v) is 3.98. The van der Waals surface area contributed by atoms with Crippen LogP contribution < -0.4 is 5.32 Å². The number of hydrogen-bond donors (Lipinski definition) is 1. The summed E-state index contributed by atoms with van der Waals surface area (Å²) in [6, 6.07) is 10.0. The Balaban J connectivity index is 2.82. The average Bonchev–Trinajstić information content (AvgIpc) is 2.26. The van der Waals surface area contributed by atoms with Crippen molar-refractivity contribution in [3.8, 4) is 0 Å². The minimum Gasteiger partial charge on any atom is -0.383 e. The molecule has 1 N–H and O–H groups in total. The van der Waals surface area contributed by atoms with Crippen molar-refractivity contribution >= 4 is 28.8 Å². The molecule has 0 radical (unpaired) electrons. The van der Waals surface area contributed by atoms with Crippen molar-refractivity contribution in [2.24, 2.45) is 0 Å². The lowest BCUT2D eigenvalue weighted by atomic mass is 10.1. The topological polar surface area (TPSA) is 12.0 Å². The Labute approximate surface area is 94.6 Å². The normalized spacial score (nSPS) is 11.1. The molecule has 0 bridgehead atoms. The monoisotopic (exact) mass is 223 g/mol. The second-order valence-electron chi connectivity index (χ2n) is 2.69. The summed E-state index contributed by atoms with van der Waals surface area (Å²) in [7, 11) is 1.90. The van der Waals surface area contributed by atoms with Gasteiger partial charge < -0.3 is 5.32 Å². The molecular weight excluding hydrogens is 210 g/mol. The number of thioether (sulfide) groups is 1. The van der Waals surface area contributed by atoms with Crippen molar-refractivity contribution in [1.82, 2.24) is 5.32 Å². The van der Waals surface area contributed by atoms with Gasteiger partial charge in [-0.3, -0.25) is 0 Å². The Bertz CT molecular complexity index is 324. The van der Waals surface area contributed by atoms with E-state index in [1.807, 2.05) is 49.7 Å². The molecule has 0 fully saturated rings. The van der Waals surface area contributed by atoms with Gasteiger partial charge in [-0.25, -0.2) is 0 Å². The van der Waals surface area contributed by atoms with Gasteiger partial charge in [-0.2, -0.15) is 0 Å². The number of benzene rings is 1. The van der Waals surface area contributed by atoms with Crippen molar-refractivity contribution in [3.05, 3.63) is 47.0 Å². The van der Waals surface area contributed by atoms with Crippen LogP contribution in [-0.2, 0) is 0 Å². The third-order valence-electron chi connectivity index (χ3n) is 1.79. The molecule has 1 aromatic carbocycles. The third kappa shape index (κ3) is 3.16. The molecule has 0 atom stereocenters. The van der Waals surface area contributed by atoms with Crippen LogP contribution in [0.1, 0.15) is 5.56 Å². The first-order chi connectivity index (χ1) is 6.77. The average molecular weight is 223 g/mol. The lowest BCUT2D eigenvalue weighted by Gasteiger charge is -2.03. The molecule has 0 unspecified atom stereocenters. The number of hydrogen-bond acceptors (Lipinski definition) is 3. The Morgan fingerprint density at radius 1 is 1.36 bits per heavy atom. The van der Waals surface area contributed by atoms with Crippen LogP contribution in [0.4, 0.5) is 0 Å². The summed E-state index contributed by atoms with van der Waals surface area (Å²) in [5, 5.41) is 4.17. The molecule has 0 aromatic heterocycles. The molecule has 0 amide bonds. The summed E-state index contributed by atoms with van der Waals surface area (Å²) in [4.78, 5) is 0.865. The van der Waals surface area contributed by atoms with E-state index in [1.165, 1.54) is 0 Å². The molecule has 1 rings (SSSR count). The van der Waals surface area contributed by atoms with Gasteiger partial charge in [0.25, 0.3) is 0 Å². The van der Waals surface area contributed by atoms with Gasteiger partial charge >= 0.3 is 0 Å². The van der Waals surface area contributed by atoms with Gasteiger partial charge in [-0.1, -0.05) is 42.5 Å². The van der Waals surface area contributed by atoms with Crippen molar-refractivity contribution in [1.29, 1.82) is 0 Å². The van der Waals surface area contributed by atoms with Crippen LogP contribution in [0.15, 0.2) is 41.4 Å². The van der Waals surface area contributed by atoms with Crippen molar-refractivity contribution in [2.45, 2.75) is 0 Å². The first kappa shape index (κ1) is 11.3. The first-order valence-corrected chi connectivity index (χ1v) is 5.94. The molecule has 74 valence electrons. The zero-order valence-corrected chi connectivity index (χ0v) is 9.91. The molecule has 1 aromatic rings. The largest absolute Gasteiger partial charge is 0.383 e. The summed E-state index contributed by atoms with van der Waals surface area (Å²) in [6.45, 7) is 0. The third-order valence-corrected chi connectivity index (χ3v) is 2.90. The SMILES string of the molecule is CN/C(=C/C(=S)c1ccccc1)SC. The standard InChI is InChI=1S/C11H13NS2/c1-12-11(14-2)8-10(13)9-6-4-3-5-7-9/h3-8,12H,1-2H3/b11-8-. The Morgan fingerprint density at radius 3 is 2.50 bits per heavy atom. The fourth-order valence-electron chi connectivity index (χ4n) is 1.04. The zero-order valence-electron chi connectivity index (χ0n) is 8.28. The van der Waals surface area contributed by atoms with E-state index < -0.39 is 0 Å². The lowest BCUT2D eigenvalue weighted by molar-refractivity contribution is 1.08. The maximum Gasteiger partial charge on any atom is 0.0690 e. The van der Waals surface area contributed by atoms with Gasteiger partial charge in [0.05, 0.1) is 5.03 Å². The maximum atomic E-state index is 5.30. The molecule has 0 heterocycles. The van der Waals surface area contributed by atoms with Gasteiger partial charge in [0.15, 0.2) is 0 Å². The van der Waals surface area contributed by atoms with E-state index >= 15 is 0 Å². The smallest absolute Gasteiger partial charge is 0.0690 e. The van der Waals surface area contributed by atoms with E-state index in [1.54, 1.807) is 11.8 Å². The second kappa shape index (κ2) is 5.83. The first-order valence-electron chi connectivity index (χ1n) is 4.30. The van der Waals surface area contributed by atoms with E-state index in [2.05, 4.69) is 5.32 Å². The molecule has 0 aliphatic rings. The molecule has 0 saturated heterocycles. The number of allylic oxidation sites excluding steroid dienone is 1. The summed E-state index contributed by atoms with van der Waals surface area (Å²) >= 11 is 6.96. The minimum atomic E-state index is 0.865. The van der Waals surface area contributed by atoms with Gasteiger partial charge in [0.2, 0.25) is 0 Å². The summed E-state index contributed by atoms with van der Waals surface area (Å²) in [6.07, 6.45) is 4.01. The van der Waals surface area contributed by atoms with Crippen LogP contribution >= 0.6 is 24.0 Å². The number of rotatable bonds is 4. The molecule has 0 spiro atoms. The highest BCUT2D eigenvalue weighted by atomic mass is 32.2. The van der Waals surface area contributed by atoms with Crippen molar-refractivity contribution in [2.75, 3.05) is 13.3 Å². The molecule has 0 aliphatic heterocycles. The zero-order chi connectivity index (χ0) is 10.4. The van der Waals surface area contributed by atoms with Crippen LogP contribution in [0.3, 0.4) is 0 Å². The maximum absolute atomic E-state index is 5.30. The predicted molar refractivity (Wildman–Crippen MR) is 68.8 cm³/mol. The van der Waals surface area contributed by atoms with Crippen molar-refractivity contribution in [3.63, 3.8) is 0 Å². The summed E-state index contributed by atoms with van der Waals surface area (Å²) in [5.74, 6) is 0. The van der Waals surface area contributed by atoms with Gasteiger partial charge in [-0.05, 0) is 17.9 Å². The quantitative estimate of drug-likeness (QED) is 0.479. The van der Waals surface area contributed by atoms with Crippen LogP contribution in [-0.4, -0.2) is 18.2 Å².